The zero-order valence-corrected chi connectivity index (χ0v) is 8.49. The first-order valence-electron chi connectivity index (χ1n) is 4.27. The van der Waals surface area contributed by atoms with E-state index >= 15 is 0 Å². The van der Waals surface area contributed by atoms with Crippen molar-refractivity contribution in [1.29, 1.82) is 5.26 Å². The second kappa shape index (κ2) is 3.39. The van der Waals surface area contributed by atoms with Crippen molar-refractivity contribution < 1.29 is 4.39 Å². The lowest BCUT2D eigenvalue weighted by Gasteiger charge is -1.95. The predicted molar refractivity (Wildman–Crippen MR) is 55.8 cm³/mol. The normalized spacial score (nSPS) is 10.4. The third-order valence-electron chi connectivity index (χ3n) is 2.23. The molecule has 70 valence electrons. The van der Waals surface area contributed by atoms with Crippen molar-refractivity contribution in [3.63, 3.8) is 0 Å². The number of halogens is 1. The summed E-state index contributed by atoms with van der Waals surface area (Å²) in [5, 5.41) is 9.35. The van der Waals surface area contributed by atoms with Crippen molar-refractivity contribution >= 4 is 21.4 Å². The fraction of sp³-hybridized carbons (Fsp3) is 0.182. The van der Waals surface area contributed by atoms with Gasteiger partial charge >= 0.3 is 0 Å². The molecular weight excluding hydrogens is 197 g/mol. The monoisotopic (exact) mass is 205 g/mol. The summed E-state index contributed by atoms with van der Waals surface area (Å²) in [6, 6.07) is 7.73. The predicted octanol–water partition coefficient (Wildman–Crippen LogP) is 3.41. The van der Waals surface area contributed by atoms with Crippen LogP contribution in [0.4, 0.5) is 4.39 Å². The van der Waals surface area contributed by atoms with E-state index < -0.39 is 0 Å². The summed E-state index contributed by atoms with van der Waals surface area (Å²) < 4.78 is 14.2. The molecule has 2 rings (SSSR count). The molecule has 1 heterocycles. The van der Waals surface area contributed by atoms with Crippen LogP contribution < -0.4 is 0 Å². The van der Waals surface area contributed by atoms with E-state index in [4.69, 9.17) is 5.26 Å². The standard InChI is InChI=1S/C11H8FNS/c1-7-9-6-8(4-5-13)2-3-10(9)14-11(7)12/h2-3,6H,4H2,1H3. The lowest BCUT2D eigenvalue weighted by molar-refractivity contribution is 0.650. The SMILES string of the molecule is Cc1c(F)sc2ccc(CC#N)cc12. The molecular formula is C11H8FNS. The van der Waals surface area contributed by atoms with Gasteiger partial charge < -0.3 is 0 Å². The van der Waals surface area contributed by atoms with Crippen LogP contribution in [-0.4, -0.2) is 0 Å². The van der Waals surface area contributed by atoms with E-state index in [0.29, 0.717) is 12.0 Å². The molecule has 0 saturated heterocycles. The Labute approximate surface area is 85.4 Å². The molecule has 2 aromatic rings. The summed E-state index contributed by atoms with van der Waals surface area (Å²) in [7, 11) is 0. The highest BCUT2D eigenvalue weighted by atomic mass is 32.1. The second-order valence-corrected chi connectivity index (χ2v) is 4.17. The first-order chi connectivity index (χ1) is 6.72. The maximum atomic E-state index is 13.2. The fourth-order valence-electron chi connectivity index (χ4n) is 1.44. The van der Waals surface area contributed by atoms with Crippen molar-refractivity contribution in [2.45, 2.75) is 13.3 Å². The molecule has 1 aromatic heterocycles. The molecule has 0 atom stereocenters. The quantitative estimate of drug-likeness (QED) is 0.699. The topological polar surface area (TPSA) is 23.8 Å². The van der Waals surface area contributed by atoms with Crippen molar-refractivity contribution in [2.24, 2.45) is 0 Å². The van der Waals surface area contributed by atoms with Gasteiger partial charge in [-0.25, -0.2) is 0 Å². The number of nitrogens with zero attached hydrogens (tertiary/aromatic N) is 1. The minimum Gasteiger partial charge on any atom is -0.198 e. The van der Waals surface area contributed by atoms with Gasteiger partial charge in [-0.3, -0.25) is 0 Å². The Kier molecular flexibility index (Phi) is 2.22. The summed E-state index contributed by atoms with van der Waals surface area (Å²) in [6.07, 6.45) is 0.382. The summed E-state index contributed by atoms with van der Waals surface area (Å²) in [6.45, 7) is 1.77. The molecule has 0 aliphatic carbocycles. The maximum Gasteiger partial charge on any atom is 0.180 e. The van der Waals surface area contributed by atoms with Crippen molar-refractivity contribution in [3.8, 4) is 6.07 Å². The van der Waals surface area contributed by atoms with E-state index in [9.17, 15) is 4.39 Å². The highest BCUT2D eigenvalue weighted by Crippen LogP contribution is 2.29. The van der Waals surface area contributed by atoms with Crippen LogP contribution in [0.5, 0.6) is 0 Å². The molecule has 0 bridgehead atoms. The zero-order valence-electron chi connectivity index (χ0n) is 7.67. The number of fused-ring (bicyclic) bond motifs is 1. The van der Waals surface area contributed by atoms with Crippen molar-refractivity contribution in [3.05, 3.63) is 34.5 Å². The average molecular weight is 205 g/mol. The molecule has 0 spiro atoms. The number of rotatable bonds is 1. The molecule has 14 heavy (non-hydrogen) atoms. The van der Waals surface area contributed by atoms with Crippen LogP contribution in [0, 0.1) is 23.4 Å². The number of hydrogen-bond acceptors (Lipinski definition) is 2. The van der Waals surface area contributed by atoms with Gasteiger partial charge in [-0.15, -0.1) is 11.3 Å². The molecule has 1 nitrogen and oxygen atoms in total. The fourth-order valence-corrected chi connectivity index (χ4v) is 2.35. The van der Waals surface area contributed by atoms with E-state index in [2.05, 4.69) is 6.07 Å². The average Bonchev–Trinajstić information content (AvgIpc) is 2.45. The minimum atomic E-state index is -0.130. The molecule has 3 heteroatoms. The Hall–Kier alpha value is -1.40. The zero-order chi connectivity index (χ0) is 10.1. The van der Waals surface area contributed by atoms with Gasteiger partial charge in [0.1, 0.15) is 0 Å². The lowest BCUT2D eigenvalue weighted by Crippen LogP contribution is -1.80. The number of thiophene rings is 1. The summed E-state index contributed by atoms with van der Waals surface area (Å²) in [4.78, 5) is 0. The van der Waals surface area contributed by atoms with Gasteiger partial charge in [0.2, 0.25) is 0 Å². The number of hydrogen-bond donors (Lipinski definition) is 0. The van der Waals surface area contributed by atoms with Gasteiger partial charge in [0.05, 0.1) is 12.5 Å². The Bertz CT molecular complexity index is 522. The maximum absolute atomic E-state index is 13.2. The van der Waals surface area contributed by atoms with Crippen LogP contribution in [-0.2, 0) is 6.42 Å². The van der Waals surface area contributed by atoms with Crippen LogP contribution in [0.15, 0.2) is 18.2 Å². The van der Waals surface area contributed by atoms with E-state index in [-0.39, 0.29) is 5.13 Å². The molecule has 0 aliphatic heterocycles. The molecule has 1 aromatic carbocycles. The van der Waals surface area contributed by atoms with Gasteiger partial charge in [0, 0.05) is 10.3 Å². The van der Waals surface area contributed by atoms with Gasteiger partial charge in [0.15, 0.2) is 5.13 Å². The Morgan fingerprint density at radius 1 is 1.50 bits per heavy atom. The van der Waals surface area contributed by atoms with Crippen LogP contribution in [0.3, 0.4) is 0 Å². The summed E-state index contributed by atoms with van der Waals surface area (Å²) in [5.74, 6) is 0. The molecule has 0 unspecified atom stereocenters. The highest BCUT2D eigenvalue weighted by molar-refractivity contribution is 7.17. The smallest absolute Gasteiger partial charge is 0.180 e. The van der Waals surface area contributed by atoms with Gasteiger partial charge in [0.25, 0.3) is 0 Å². The number of benzene rings is 1. The number of aryl methyl sites for hydroxylation is 1. The van der Waals surface area contributed by atoms with Crippen molar-refractivity contribution in [2.75, 3.05) is 0 Å². The third kappa shape index (κ3) is 1.38. The summed E-state index contributed by atoms with van der Waals surface area (Å²) in [5.41, 5.74) is 1.63. The second-order valence-electron chi connectivity index (χ2n) is 3.17. The van der Waals surface area contributed by atoms with Gasteiger partial charge in [-0.05, 0) is 30.0 Å². The minimum absolute atomic E-state index is 0.130. The van der Waals surface area contributed by atoms with E-state index in [1.54, 1.807) is 6.92 Å². The van der Waals surface area contributed by atoms with E-state index in [1.807, 2.05) is 18.2 Å². The first-order valence-corrected chi connectivity index (χ1v) is 5.08. The molecule has 0 aliphatic rings. The first kappa shape index (κ1) is 9.17. The molecule has 0 fully saturated rings. The van der Waals surface area contributed by atoms with Crippen molar-refractivity contribution in [1.82, 2.24) is 0 Å². The molecule has 0 amide bonds. The molecule has 0 saturated carbocycles. The Balaban J connectivity index is 2.65. The van der Waals surface area contributed by atoms with Gasteiger partial charge in [-0.2, -0.15) is 9.65 Å². The largest absolute Gasteiger partial charge is 0.198 e. The van der Waals surface area contributed by atoms with E-state index in [1.165, 1.54) is 0 Å². The van der Waals surface area contributed by atoms with Crippen LogP contribution in [0.2, 0.25) is 0 Å². The van der Waals surface area contributed by atoms with Crippen LogP contribution in [0.1, 0.15) is 11.1 Å². The lowest BCUT2D eigenvalue weighted by atomic mass is 10.1. The molecule has 0 N–H and O–H groups in total. The van der Waals surface area contributed by atoms with Crippen LogP contribution in [0.25, 0.3) is 10.1 Å². The molecule has 0 radical (unpaired) electrons. The Morgan fingerprint density at radius 3 is 3.00 bits per heavy atom. The highest BCUT2D eigenvalue weighted by Gasteiger charge is 2.07. The van der Waals surface area contributed by atoms with Gasteiger partial charge in [-0.1, -0.05) is 6.07 Å². The number of nitriles is 1. The third-order valence-corrected chi connectivity index (χ3v) is 3.29. The summed E-state index contributed by atoms with van der Waals surface area (Å²) >= 11 is 1.16. The van der Waals surface area contributed by atoms with Crippen LogP contribution >= 0.6 is 11.3 Å². The van der Waals surface area contributed by atoms with E-state index in [0.717, 1.165) is 27.0 Å². The Morgan fingerprint density at radius 2 is 2.29 bits per heavy atom.